The van der Waals surface area contributed by atoms with Crippen LogP contribution in [0.4, 0.5) is 5.82 Å². The van der Waals surface area contributed by atoms with Crippen molar-refractivity contribution in [2.75, 3.05) is 38.7 Å². The molecule has 228 valence electrons. The van der Waals surface area contributed by atoms with Crippen molar-refractivity contribution in [3.05, 3.63) is 72.5 Å². The number of hydrogen-bond acceptors (Lipinski definition) is 9. The van der Waals surface area contributed by atoms with Crippen LogP contribution in [0.5, 0.6) is 11.5 Å². The van der Waals surface area contributed by atoms with Crippen LogP contribution in [-0.2, 0) is 25.7 Å². The van der Waals surface area contributed by atoms with Crippen LogP contribution in [0.1, 0.15) is 31.2 Å². The Kier molecular flexibility index (Phi) is 17.5. The average Bonchev–Trinajstić information content (AvgIpc) is 2.96. The fourth-order valence-electron chi connectivity index (χ4n) is 3.55. The van der Waals surface area contributed by atoms with Crippen LogP contribution in [0.3, 0.4) is 0 Å². The maximum atomic E-state index is 9.55. The molecule has 1 aromatic heterocycles. The number of nitrogens with one attached hydrogen (secondary N) is 1. The topological polar surface area (TPSA) is 196 Å². The Morgan fingerprint density at radius 1 is 0.881 bits per heavy atom. The summed E-state index contributed by atoms with van der Waals surface area (Å²) in [6.45, 7) is 4.93. The monoisotopic (exact) mass is 587 g/mol. The number of pyridine rings is 1. The molecule has 0 radical (unpaired) electrons. The third-order valence-corrected chi connectivity index (χ3v) is 5.36. The van der Waals surface area contributed by atoms with Gasteiger partial charge in [0.25, 0.3) is 0 Å². The van der Waals surface area contributed by atoms with Gasteiger partial charge in [0, 0.05) is 43.6 Å². The maximum absolute atomic E-state index is 9.55. The molecular formula is C29H37N3O10. The summed E-state index contributed by atoms with van der Waals surface area (Å²) in [6, 6.07) is 12.3. The van der Waals surface area contributed by atoms with Crippen molar-refractivity contribution < 1.29 is 49.1 Å². The van der Waals surface area contributed by atoms with Gasteiger partial charge in [-0.25, -0.2) is 24.2 Å². The Balaban J connectivity index is 0.000000454. The van der Waals surface area contributed by atoms with Gasteiger partial charge in [-0.3, -0.25) is 4.90 Å². The van der Waals surface area contributed by atoms with Crippen LogP contribution in [0.15, 0.2) is 66.9 Å². The van der Waals surface area contributed by atoms with Gasteiger partial charge >= 0.3 is 23.9 Å². The van der Waals surface area contributed by atoms with E-state index in [0.717, 1.165) is 36.8 Å². The summed E-state index contributed by atoms with van der Waals surface area (Å²) in [4.78, 5) is 45.0. The molecule has 13 nitrogen and oxygen atoms in total. The number of ether oxygens (including phenoxy) is 2. The highest BCUT2D eigenvalue weighted by molar-refractivity contribution is 5.90. The fourth-order valence-corrected chi connectivity index (χ4v) is 3.55. The Bertz CT molecular complexity index is 1130. The largest absolute Gasteiger partial charge is 0.494 e. The number of piperidine rings is 1. The van der Waals surface area contributed by atoms with Gasteiger partial charge < -0.3 is 35.2 Å². The molecule has 1 fully saturated rings. The van der Waals surface area contributed by atoms with Gasteiger partial charge in [-0.1, -0.05) is 18.6 Å². The summed E-state index contributed by atoms with van der Waals surface area (Å²) in [5.41, 5.74) is 1.33. The molecule has 13 heteroatoms. The van der Waals surface area contributed by atoms with Crippen LogP contribution in [0.2, 0.25) is 0 Å². The number of anilines is 1. The number of carbonyl (C=O) groups is 4. The third kappa shape index (κ3) is 17.6. The Morgan fingerprint density at radius 2 is 1.48 bits per heavy atom. The number of carboxylic acid groups (broad SMARTS) is 4. The van der Waals surface area contributed by atoms with E-state index in [-0.39, 0.29) is 0 Å². The normalized spacial score (nSPS) is 12.8. The number of likely N-dealkylation sites (tertiary alicyclic amines) is 1. The summed E-state index contributed by atoms with van der Waals surface area (Å²) < 4.78 is 11.2. The molecule has 0 spiro atoms. The van der Waals surface area contributed by atoms with Crippen molar-refractivity contribution in [2.24, 2.45) is 0 Å². The lowest BCUT2D eigenvalue weighted by Crippen LogP contribution is -2.29. The van der Waals surface area contributed by atoms with Crippen LogP contribution < -0.4 is 14.8 Å². The SMILES string of the molecule is COc1cccnc1NCCCOc1cccc(CN2CCCCC2)c1.O=C(O)/C=C\C(=O)O.O=C(O)/C=C\C(=O)O. The molecule has 0 aliphatic carbocycles. The second kappa shape index (κ2) is 20.9. The van der Waals surface area contributed by atoms with Gasteiger partial charge in [-0.15, -0.1) is 0 Å². The first-order chi connectivity index (χ1) is 20.1. The standard InChI is InChI=1S/C21H29N3O2.2C4H4O4/c1-25-20-10-6-11-22-21(20)23-12-7-15-26-19-9-5-8-18(16-19)17-24-13-3-2-4-14-24;2*5-3(6)1-2-4(7)8/h5-6,8-11,16H,2-4,7,12-15,17H2,1H3,(H,22,23);2*1-2H,(H,5,6)(H,7,8)/b;2*2-1-. The molecule has 5 N–H and O–H groups in total. The predicted molar refractivity (Wildman–Crippen MR) is 154 cm³/mol. The van der Waals surface area contributed by atoms with Crippen molar-refractivity contribution in [1.82, 2.24) is 9.88 Å². The number of methoxy groups -OCH3 is 1. The highest BCUT2D eigenvalue weighted by Gasteiger charge is 2.10. The van der Waals surface area contributed by atoms with E-state index >= 15 is 0 Å². The molecule has 2 aromatic rings. The number of aromatic nitrogens is 1. The first-order valence-electron chi connectivity index (χ1n) is 13.1. The number of benzene rings is 1. The van der Waals surface area contributed by atoms with Crippen molar-refractivity contribution >= 4 is 29.7 Å². The molecule has 0 bridgehead atoms. The minimum absolute atomic E-state index is 0.558. The van der Waals surface area contributed by atoms with Crippen molar-refractivity contribution in [2.45, 2.75) is 32.2 Å². The molecular weight excluding hydrogens is 550 g/mol. The number of hydrogen-bond donors (Lipinski definition) is 5. The van der Waals surface area contributed by atoms with Crippen molar-refractivity contribution in [3.8, 4) is 11.5 Å². The summed E-state index contributed by atoms with van der Waals surface area (Å²) >= 11 is 0. The van der Waals surface area contributed by atoms with E-state index in [2.05, 4.69) is 33.4 Å². The molecule has 1 aliphatic rings. The van der Waals surface area contributed by atoms with E-state index in [9.17, 15) is 19.2 Å². The molecule has 0 amide bonds. The minimum Gasteiger partial charge on any atom is -0.494 e. The smallest absolute Gasteiger partial charge is 0.328 e. The second-order valence-corrected chi connectivity index (χ2v) is 8.69. The number of aliphatic carboxylic acids is 4. The first kappa shape index (κ1) is 35.1. The molecule has 0 atom stereocenters. The molecule has 1 aromatic carbocycles. The van der Waals surface area contributed by atoms with E-state index in [4.69, 9.17) is 29.9 Å². The summed E-state index contributed by atoms with van der Waals surface area (Å²) in [7, 11) is 1.65. The summed E-state index contributed by atoms with van der Waals surface area (Å²) in [5, 5.41) is 34.5. The molecule has 42 heavy (non-hydrogen) atoms. The lowest BCUT2D eigenvalue weighted by molar-refractivity contribution is -0.134. The molecule has 0 saturated carbocycles. The van der Waals surface area contributed by atoms with Gasteiger partial charge in [-0.05, 0) is 62.2 Å². The zero-order chi connectivity index (χ0) is 31.2. The Labute approximate surface area is 243 Å². The van der Waals surface area contributed by atoms with Crippen LogP contribution in [-0.4, -0.2) is 87.5 Å². The summed E-state index contributed by atoms with van der Waals surface area (Å²) in [5.74, 6) is -2.54. The van der Waals surface area contributed by atoms with Crippen molar-refractivity contribution in [1.29, 1.82) is 0 Å². The molecule has 2 heterocycles. The molecule has 1 aliphatic heterocycles. The third-order valence-electron chi connectivity index (χ3n) is 5.36. The number of rotatable bonds is 13. The molecule has 3 rings (SSSR count). The summed E-state index contributed by atoms with van der Waals surface area (Å²) in [6.07, 6.45) is 8.91. The van der Waals surface area contributed by atoms with E-state index in [1.165, 1.54) is 37.9 Å². The number of nitrogens with zero attached hydrogens (tertiary/aromatic N) is 2. The van der Waals surface area contributed by atoms with Crippen LogP contribution >= 0.6 is 0 Å². The van der Waals surface area contributed by atoms with Crippen LogP contribution in [0, 0.1) is 0 Å². The quantitative estimate of drug-likeness (QED) is 0.169. The maximum Gasteiger partial charge on any atom is 0.328 e. The van der Waals surface area contributed by atoms with Crippen LogP contribution in [0.25, 0.3) is 0 Å². The first-order valence-corrected chi connectivity index (χ1v) is 13.1. The van der Waals surface area contributed by atoms with E-state index in [1.807, 2.05) is 18.2 Å². The number of carboxylic acids is 4. The zero-order valence-corrected chi connectivity index (χ0v) is 23.3. The zero-order valence-electron chi connectivity index (χ0n) is 23.3. The van der Waals surface area contributed by atoms with Gasteiger partial charge in [0.05, 0.1) is 13.7 Å². The average molecular weight is 588 g/mol. The lowest BCUT2D eigenvalue weighted by atomic mass is 10.1. The predicted octanol–water partition coefficient (Wildman–Crippen LogP) is 3.38. The van der Waals surface area contributed by atoms with E-state index < -0.39 is 23.9 Å². The minimum atomic E-state index is -1.26. The van der Waals surface area contributed by atoms with E-state index in [1.54, 1.807) is 13.3 Å². The van der Waals surface area contributed by atoms with Crippen molar-refractivity contribution in [3.63, 3.8) is 0 Å². The van der Waals surface area contributed by atoms with Gasteiger partial charge in [0.15, 0.2) is 11.6 Å². The van der Waals surface area contributed by atoms with Gasteiger partial charge in [-0.2, -0.15) is 0 Å². The fraction of sp³-hybridized carbons (Fsp3) is 0.345. The Hall–Kier alpha value is -4.91. The highest BCUT2D eigenvalue weighted by atomic mass is 16.5. The van der Waals surface area contributed by atoms with Gasteiger partial charge in [0.2, 0.25) is 0 Å². The Morgan fingerprint density at radius 3 is 2.02 bits per heavy atom. The molecule has 0 unspecified atom stereocenters. The van der Waals surface area contributed by atoms with Gasteiger partial charge in [0.1, 0.15) is 5.75 Å². The second-order valence-electron chi connectivity index (χ2n) is 8.69. The highest BCUT2D eigenvalue weighted by Crippen LogP contribution is 2.20. The lowest BCUT2D eigenvalue weighted by Gasteiger charge is -2.26. The molecule has 1 saturated heterocycles. The van der Waals surface area contributed by atoms with E-state index in [0.29, 0.717) is 30.9 Å².